The van der Waals surface area contributed by atoms with Crippen LogP contribution in [0, 0.1) is 0 Å². The molecule has 0 aliphatic carbocycles. The number of amides is 2. The third-order valence-corrected chi connectivity index (χ3v) is 3.15. The number of hydrogen-bond donors (Lipinski definition) is 3. The van der Waals surface area contributed by atoms with Gasteiger partial charge in [-0.1, -0.05) is 18.2 Å². The van der Waals surface area contributed by atoms with Crippen LogP contribution in [0.3, 0.4) is 0 Å². The van der Waals surface area contributed by atoms with Gasteiger partial charge in [0.05, 0.1) is 11.9 Å². The van der Waals surface area contributed by atoms with Crippen LogP contribution in [0.15, 0.2) is 48.7 Å². The number of carbonyl (C=O) groups is 1. The maximum Gasteiger partial charge on any atom is 0.319 e. The van der Waals surface area contributed by atoms with Gasteiger partial charge in [-0.2, -0.15) is 0 Å². The summed E-state index contributed by atoms with van der Waals surface area (Å²) in [5.41, 5.74) is 0.577. The SMILES string of the molecule is CN(C)c1ccc(NC(=O)NC[C@@H](O)COc2ccccc2)cn1. The summed E-state index contributed by atoms with van der Waals surface area (Å²) in [6.07, 6.45) is 0.773. The summed E-state index contributed by atoms with van der Waals surface area (Å²) in [4.78, 5) is 17.9. The van der Waals surface area contributed by atoms with Crippen molar-refractivity contribution < 1.29 is 14.6 Å². The van der Waals surface area contributed by atoms with Crippen LogP contribution in [0.2, 0.25) is 0 Å². The van der Waals surface area contributed by atoms with Crippen molar-refractivity contribution in [3.63, 3.8) is 0 Å². The predicted octanol–water partition coefficient (Wildman–Crippen LogP) is 1.71. The van der Waals surface area contributed by atoms with Crippen LogP contribution < -0.4 is 20.3 Å². The molecule has 3 N–H and O–H groups in total. The number of aromatic nitrogens is 1. The highest BCUT2D eigenvalue weighted by Gasteiger charge is 2.08. The number of nitrogens with one attached hydrogen (secondary N) is 2. The molecular weight excluding hydrogens is 308 g/mol. The van der Waals surface area contributed by atoms with Gasteiger partial charge >= 0.3 is 6.03 Å². The normalized spacial score (nSPS) is 11.5. The Morgan fingerprint density at radius 2 is 2.00 bits per heavy atom. The summed E-state index contributed by atoms with van der Waals surface area (Å²) >= 11 is 0. The minimum absolute atomic E-state index is 0.0852. The fourth-order valence-corrected chi connectivity index (χ4v) is 1.88. The van der Waals surface area contributed by atoms with E-state index >= 15 is 0 Å². The molecule has 7 nitrogen and oxygen atoms in total. The van der Waals surface area contributed by atoms with Crippen LogP contribution >= 0.6 is 0 Å². The summed E-state index contributed by atoms with van der Waals surface area (Å²) in [6.45, 7) is 0.186. The second-order valence-electron chi connectivity index (χ2n) is 5.41. The van der Waals surface area contributed by atoms with Gasteiger partial charge in [-0.3, -0.25) is 0 Å². The lowest BCUT2D eigenvalue weighted by Gasteiger charge is -2.14. The van der Waals surface area contributed by atoms with E-state index in [1.807, 2.05) is 37.2 Å². The zero-order valence-corrected chi connectivity index (χ0v) is 13.8. The molecule has 0 saturated carbocycles. The number of ether oxygens (including phenoxy) is 1. The molecule has 0 bridgehead atoms. The molecule has 1 aromatic carbocycles. The Hall–Kier alpha value is -2.80. The number of rotatable bonds is 7. The number of aliphatic hydroxyl groups excluding tert-OH is 1. The molecule has 24 heavy (non-hydrogen) atoms. The van der Waals surface area contributed by atoms with Crippen LogP contribution in [-0.2, 0) is 0 Å². The van der Waals surface area contributed by atoms with Crippen LogP contribution in [0.1, 0.15) is 0 Å². The van der Waals surface area contributed by atoms with Gasteiger partial charge in [-0.25, -0.2) is 9.78 Å². The maximum absolute atomic E-state index is 11.8. The molecule has 0 aliphatic rings. The third kappa shape index (κ3) is 5.77. The average Bonchev–Trinajstić information content (AvgIpc) is 2.59. The van der Waals surface area contributed by atoms with Gasteiger partial charge < -0.3 is 25.4 Å². The summed E-state index contributed by atoms with van der Waals surface area (Å²) in [5.74, 6) is 1.47. The lowest BCUT2D eigenvalue weighted by Crippen LogP contribution is -2.37. The van der Waals surface area contributed by atoms with E-state index in [2.05, 4.69) is 15.6 Å². The number of aliphatic hydroxyl groups is 1. The number of urea groups is 1. The van der Waals surface area contributed by atoms with Crippen LogP contribution in [0.4, 0.5) is 16.3 Å². The second-order valence-corrected chi connectivity index (χ2v) is 5.41. The molecule has 0 saturated heterocycles. The van der Waals surface area contributed by atoms with E-state index < -0.39 is 12.1 Å². The minimum atomic E-state index is -0.801. The highest BCUT2D eigenvalue weighted by molar-refractivity contribution is 5.89. The van der Waals surface area contributed by atoms with Gasteiger partial charge in [-0.05, 0) is 24.3 Å². The van der Waals surface area contributed by atoms with Crippen molar-refractivity contribution in [2.24, 2.45) is 0 Å². The fraction of sp³-hybridized carbons (Fsp3) is 0.294. The van der Waals surface area contributed by atoms with Gasteiger partial charge in [-0.15, -0.1) is 0 Å². The van der Waals surface area contributed by atoms with E-state index in [0.717, 1.165) is 5.82 Å². The van der Waals surface area contributed by atoms with Crippen LogP contribution in [-0.4, -0.2) is 49.5 Å². The molecule has 1 atom stereocenters. The van der Waals surface area contributed by atoms with Gasteiger partial charge in [0.25, 0.3) is 0 Å². The van der Waals surface area contributed by atoms with Crippen molar-refractivity contribution in [3.05, 3.63) is 48.7 Å². The van der Waals surface area contributed by atoms with Crippen molar-refractivity contribution in [2.75, 3.05) is 37.5 Å². The molecule has 1 aromatic heterocycles. The van der Waals surface area contributed by atoms with Crippen molar-refractivity contribution in [3.8, 4) is 5.75 Å². The summed E-state index contributed by atoms with van der Waals surface area (Å²) in [6, 6.07) is 12.3. The van der Waals surface area contributed by atoms with Crippen LogP contribution in [0.5, 0.6) is 5.75 Å². The topological polar surface area (TPSA) is 86.7 Å². The molecule has 0 aliphatic heterocycles. The molecule has 0 unspecified atom stereocenters. The number of nitrogens with zero attached hydrogens (tertiary/aromatic N) is 2. The first-order valence-corrected chi connectivity index (χ1v) is 7.59. The molecule has 0 spiro atoms. The molecule has 7 heteroatoms. The predicted molar refractivity (Wildman–Crippen MR) is 93.5 cm³/mol. The molecule has 1 heterocycles. The Kier molecular flexibility index (Phi) is 6.39. The third-order valence-electron chi connectivity index (χ3n) is 3.15. The summed E-state index contributed by atoms with van der Waals surface area (Å²) < 4.78 is 5.42. The van der Waals surface area contributed by atoms with Crippen molar-refractivity contribution >= 4 is 17.5 Å². The van der Waals surface area contributed by atoms with Crippen LogP contribution in [0.25, 0.3) is 0 Å². The highest BCUT2D eigenvalue weighted by Crippen LogP contribution is 2.11. The van der Waals surface area contributed by atoms with Crippen molar-refractivity contribution in [2.45, 2.75) is 6.10 Å². The van der Waals surface area contributed by atoms with Gasteiger partial charge in [0.2, 0.25) is 0 Å². The molecule has 128 valence electrons. The number of anilines is 2. The standard InChI is InChI=1S/C17H22N4O3/c1-21(2)16-9-8-13(10-18-16)20-17(23)19-11-14(22)12-24-15-6-4-3-5-7-15/h3-10,14,22H,11-12H2,1-2H3,(H2,19,20,23)/t14-/m1/s1. The molecule has 2 rings (SSSR count). The largest absolute Gasteiger partial charge is 0.491 e. The molecule has 0 radical (unpaired) electrons. The molecule has 0 fully saturated rings. The monoisotopic (exact) mass is 330 g/mol. The zero-order valence-electron chi connectivity index (χ0n) is 13.8. The Bertz CT molecular complexity index is 632. The fourth-order valence-electron chi connectivity index (χ4n) is 1.88. The summed E-state index contributed by atoms with van der Waals surface area (Å²) in [7, 11) is 3.78. The molecular formula is C17H22N4O3. The number of hydrogen-bond acceptors (Lipinski definition) is 5. The zero-order chi connectivity index (χ0) is 17.4. The lowest BCUT2D eigenvalue weighted by molar-refractivity contribution is 0.108. The number of para-hydroxylation sites is 1. The smallest absolute Gasteiger partial charge is 0.319 e. The number of pyridine rings is 1. The Morgan fingerprint density at radius 1 is 1.25 bits per heavy atom. The lowest BCUT2D eigenvalue weighted by atomic mass is 10.3. The van der Waals surface area contributed by atoms with E-state index in [1.165, 1.54) is 0 Å². The Labute approximate surface area is 141 Å². The van der Waals surface area contributed by atoms with Gasteiger partial charge in [0, 0.05) is 20.6 Å². The van der Waals surface area contributed by atoms with Gasteiger partial charge in [0.1, 0.15) is 24.3 Å². The Morgan fingerprint density at radius 3 is 2.62 bits per heavy atom. The molecule has 2 aromatic rings. The van der Waals surface area contributed by atoms with E-state index in [9.17, 15) is 9.90 Å². The quantitative estimate of drug-likeness (QED) is 0.719. The van der Waals surface area contributed by atoms with E-state index in [0.29, 0.717) is 11.4 Å². The first kappa shape index (κ1) is 17.6. The van der Waals surface area contributed by atoms with E-state index in [1.54, 1.807) is 30.5 Å². The number of carbonyl (C=O) groups excluding carboxylic acids is 1. The maximum atomic E-state index is 11.8. The van der Waals surface area contributed by atoms with Crippen molar-refractivity contribution in [1.82, 2.24) is 10.3 Å². The summed E-state index contributed by atoms with van der Waals surface area (Å²) in [5, 5.41) is 15.1. The minimum Gasteiger partial charge on any atom is -0.491 e. The second kappa shape index (κ2) is 8.73. The van der Waals surface area contributed by atoms with Crippen molar-refractivity contribution in [1.29, 1.82) is 0 Å². The number of benzene rings is 1. The van der Waals surface area contributed by atoms with Gasteiger partial charge in [0.15, 0.2) is 0 Å². The molecule has 2 amide bonds. The van der Waals surface area contributed by atoms with E-state index in [-0.39, 0.29) is 13.2 Å². The first-order valence-electron chi connectivity index (χ1n) is 7.59. The first-order chi connectivity index (χ1) is 11.5. The Balaban J connectivity index is 1.70. The highest BCUT2D eigenvalue weighted by atomic mass is 16.5. The van der Waals surface area contributed by atoms with E-state index in [4.69, 9.17) is 4.74 Å². The average molecular weight is 330 g/mol.